The summed E-state index contributed by atoms with van der Waals surface area (Å²) in [6.07, 6.45) is 5.03. The van der Waals surface area contributed by atoms with Gasteiger partial charge in [-0.1, -0.05) is 177 Å². The van der Waals surface area contributed by atoms with Gasteiger partial charge in [-0.2, -0.15) is 0 Å². The Morgan fingerprint density at radius 2 is 0.842 bits per heavy atom. The van der Waals surface area contributed by atoms with E-state index in [9.17, 15) is 0 Å². The van der Waals surface area contributed by atoms with Crippen molar-refractivity contribution in [2.45, 2.75) is 36.5 Å². The molecule has 12 rings (SSSR count). The van der Waals surface area contributed by atoms with Crippen LogP contribution in [-0.2, 0) is 10.8 Å². The highest BCUT2D eigenvalue weighted by molar-refractivity contribution is 6.09. The third kappa shape index (κ3) is 4.57. The SMILES string of the molecule is c1ccc(C2(c3ccccc3)c3ccccc3-c3ccc(N(c4ccc5c(c4)-c4ccccc4C54CCCC4)c4ccc5ccc6ccccc6c5c4)cc32)cc1. The van der Waals surface area contributed by atoms with Crippen LogP contribution in [0.4, 0.5) is 17.1 Å². The number of hydrogen-bond donors (Lipinski definition) is 0. The summed E-state index contributed by atoms with van der Waals surface area (Å²) >= 11 is 0. The van der Waals surface area contributed by atoms with Gasteiger partial charge in [0, 0.05) is 22.5 Å². The molecule has 1 fully saturated rings. The van der Waals surface area contributed by atoms with Gasteiger partial charge >= 0.3 is 0 Å². The van der Waals surface area contributed by atoms with Gasteiger partial charge in [0.25, 0.3) is 0 Å². The van der Waals surface area contributed by atoms with Crippen molar-refractivity contribution in [2.24, 2.45) is 0 Å². The van der Waals surface area contributed by atoms with Crippen molar-refractivity contribution in [2.75, 3.05) is 4.90 Å². The number of anilines is 3. The fraction of sp³-hybridized carbons (Fsp3) is 0.107. The summed E-state index contributed by atoms with van der Waals surface area (Å²) < 4.78 is 0. The molecule has 0 atom stereocenters. The molecule has 0 bridgehead atoms. The van der Waals surface area contributed by atoms with Crippen LogP contribution in [-0.4, -0.2) is 0 Å². The van der Waals surface area contributed by atoms with Crippen molar-refractivity contribution in [3.8, 4) is 22.3 Å². The standard InChI is InChI=1S/C56H41N/c1-3-16-40(17-4-1)56(41-18-5-2-6-19-41)53-24-12-10-21-46(53)48-31-29-44(37-54(48)56)57(42-28-27-39-26-25-38-15-7-8-20-45(38)49(39)35-42)43-30-32-52-50(36-43)47-22-9-11-23-51(47)55(52)33-13-14-34-55/h1-12,15-32,35-37H,13-14,33-34H2. The zero-order valence-corrected chi connectivity index (χ0v) is 31.8. The molecule has 0 saturated heterocycles. The van der Waals surface area contributed by atoms with Crippen LogP contribution in [0.2, 0.25) is 0 Å². The van der Waals surface area contributed by atoms with Crippen LogP contribution in [0.5, 0.6) is 0 Å². The Hall–Kier alpha value is -6.70. The average Bonchev–Trinajstić information content (AvgIpc) is 3.97. The molecule has 1 heteroatoms. The lowest BCUT2D eigenvalue weighted by Crippen LogP contribution is -2.28. The first-order valence-corrected chi connectivity index (χ1v) is 20.6. The maximum atomic E-state index is 2.52. The third-order valence-corrected chi connectivity index (χ3v) is 13.7. The van der Waals surface area contributed by atoms with Gasteiger partial charge in [0.2, 0.25) is 0 Å². The van der Waals surface area contributed by atoms with Crippen molar-refractivity contribution >= 4 is 38.6 Å². The van der Waals surface area contributed by atoms with E-state index in [4.69, 9.17) is 0 Å². The Morgan fingerprint density at radius 3 is 1.60 bits per heavy atom. The quantitative estimate of drug-likeness (QED) is 0.160. The molecule has 1 nitrogen and oxygen atoms in total. The van der Waals surface area contributed by atoms with E-state index in [1.807, 2.05) is 0 Å². The lowest BCUT2D eigenvalue weighted by atomic mass is 9.67. The Bertz CT molecular complexity index is 2980. The first-order valence-electron chi connectivity index (χ1n) is 20.6. The molecule has 1 saturated carbocycles. The molecule has 0 heterocycles. The zero-order chi connectivity index (χ0) is 37.6. The van der Waals surface area contributed by atoms with E-state index in [0.717, 1.165) is 11.4 Å². The summed E-state index contributed by atoms with van der Waals surface area (Å²) in [7, 11) is 0. The van der Waals surface area contributed by atoms with E-state index in [2.05, 4.69) is 205 Å². The Balaban J connectivity index is 1.14. The van der Waals surface area contributed by atoms with Crippen LogP contribution < -0.4 is 4.90 Å². The summed E-state index contributed by atoms with van der Waals surface area (Å²) in [5, 5.41) is 5.05. The molecule has 0 N–H and O–H groups in total. The minimum absolute atomic E-state index is 0.126. The molecule has 3 aliphatic rings. The summed E-state index contributed by atoms with van der Waals surface area (Å²) in [6.45, 7) is 0. The normalized spacial score (nSPS) is 15.4. The Kier molecular flexibility index (Phi) is 7.08. The summed E-state index contributed by atoms with van der Waals surface area (Å²) in [5.74, 6) is 0. The number of nitrogens with zero attached hydrogens (tertiary/aromatic N) is 1. The highest BCUT2D eigenvalue weighted by Gasteiger charge is 2.47. The molecule has 270 valence electrons. The molecule has 3 aliphatic carbocycles. The number of fused-ring (bicyclic) bond motifs is 11. The van der Waals surface area contributed by atoms with Crippen molar-refractivity contribution in [3.05, 3.63) is 234 Å². The molecule has 9 aromatic carbocycles. The van der Waals surface area contributed by atoms with Gasteiger partial charge in [-0.05, 0) is 126 Å². The van der Waals surface area contributed by atoms with Crippen molar-refractivity contribution in [3.63, 3.8) is 0 Å². The molecule has 0 aliphatic heterocycles. The van der Waals surface area contributed by atoms with Crippen LogP contribution in [0.25, 0.3) is 43.8 Å². The second kappa shape index (κ2) is 12.4. The van der Waals surface area contributed by atoms with Crippen LogP contribution >= 0.6 is 0 Å². The maximum absolute atomic E-state index is 2.52. The van der Waals surface area contributed by atoms with E-state index < -0.39 is 5.41 Å². The zero-order valence-electron chi connectivity index (χ0n) is 31.8. The van der Waals surface area contributed by atoms with E-state index in [-0.39, 0.29) is 5.41 Å². The van der Waals surface area contributed by atoms with E-state index >= 15 is 0 Å². The lowest BCUT2D eigenvalue weighted by molar-refractivity contribution is 0.550. The van der Waals surface area contributed by atoms with Gasteiger partial charge in [0.1, 0.15) is 0 Å². The molecular weight excluding hydrogens is 687 g/mol. The smallest absolute Gasteiger partial charge is 0.0714 e. The molecule has 9 aromatic rings. The van der Waals surface area contributed by atoms with E-state index in [1.54, 1.807) is 0 Å². The van der Waals surface area contributed by atoms with Gasteiger partial charge in [-0.15, -0.1) is 0 Å². The van der Waals surface area contributed by atoms with Gasteiger partial charge in [-0.3, -0.25) is 0 Å². The van der Waals surface area contributed by atoms with Crippen molar-refractivity contribution in [1.29, 1.82) is 0 Å². The first kappa shape index (κ1) is 32.5. The first-order chi connectivity index (χ1) is 28.2. The molecule has 0 unspecified atom stereocenters. The molecule has 0 amide bonds. The van der Waals surface area contributed by atoms with Crippen molar-refractivity contribution < 1.29 is 0 Å². The fourth-order valence-electron chi connectivity index (χ4n) is 11.3. The molecule has 0 aromatic heterocycles. The molecule has 1 spiro atoms. The summed E-state index contributed by atoms with van der Waals surface area (Å²) in [4.78, 5) is 2.52. The second-order valence-corrected chi connectivity index (χ2v) is 16.3. The minimum Gasteiger partial charge on any atom is -0.310 e. The lowest BCUT2D eigenvalue weighted by Gasteiger charge is -2.35. The highest BCUT2D eigenvalue weighted by Crippen LogP contribution is 2.59. The Labute approximate surface area is 334 Å². The maximum Gasteiger partial charge on any atom is 0.0714 e. The largest absolute Gasteiger partial charge is 0.310 e. The van der Waals surface area contributed by atoms with Gasteiger partial charge in [-0.25, -0.2) is 0 Å². The van der Waals surface area contributed by atoms with E-state index in [0.29, 0.717) is 0 Å². The van der Waals surface area contributed by atoms with Crippen LogP contribution in [0.15, 0.2) is 200 Å². The topological polar surface area (TPSA) is 3.24 Å². The monoisotopic (exact) mass is 727 g/mol. The van der Waals surface area contributed by atoms with Gasteiger partial charge < -0.3 is 4.90 Å². The van der Waals surface area contributed by atoms with Crippen LogP contribution in [0, 0.1) is 0 Å². The van der Waals surface area contributed by atoms with Crippen molar-refractivity contribution in [1.82, 2.24) is 0 Å². The molecular formula is C56H41N. The predicted octanol–water partition coefficient (Wildman–Crippen LogP) is 14.7. The molecule has 0 radical (unpaired) electrons. The van der Waals surface area contributed by atoms with Crippen LogP contribution in [0.1, 0.15) is 59.1 Å². The third-order valence-electron chi connectivity index (χ3n) is 13.7. The summed E-state index contributed by atoms with van der Waals surface area (Å²) in [6, 6.07) is 75.5. The van der Waals surface area contributed by atoms with E-state index in [1.165, 1.54) is 109 Å². The second-order valence-electron chi connectivity index (χ2n) is 16.3. The Morgan fingerprint density at radius 1 is 0.333 bits per heavy atom. The molecule has 57 heavy (non-hydrogen) atoms. The summed E-state index contributed by atoms with van der Waals surface area (Å²) in [5.41, 5.74) is 16.7. The number of hydrogen-bond acceptors (Lipinski definition) is 1. The fourth-order valence-corrected chi connectivity index (χ4v) is 11.3. The number of rotatable bonds is 5. The number of benzene rings is 9. The van der Waals surface area contributed by atoms with Crippen LogP contribution in [0.3, 0.4) is 0 Å². The highest BCUT2D eigenvalue weighted by atomic mass is 15.1. The van der Waals surface area contributed by atoms with Gasteiger partial charge in [0.15, 0.2) is 0 Å². The minimum atomic E-state index is -0.485. The van der Waals surface area contributed by atoms with Gasteiger partial charge in [0.05, 0.1) is 5.41 Å². The predicted molar refractivity (Wildman–Crippen MR) is 238 cm³/mol. The average molecular weight is 728 g/mol.